The Labute approximate surface area is 148 Å². The second kappa shape index (κ2) is 5.50. The first-order valence-corrected chi connectivity index (χ1v) is 7.84. The molecule has 0 saturated carbocycles. The van der Waals surface area contributed by atoms with Gasteiger partial charge in [-0.25, -0.2) is 0 Å². The van der Waals surface area contributed by atoms with Crippen LogP contribution < -0.4 is 30.4 Å². The van der Waals surface area contributed by atoms with Crippen molar-refractivity contribution in [1.29, 1.82) is 0 Å². The van der Waals surface area contributed by atoms with E-state index in [0.717, 1.165) is 0 Å². The Morgan fingerprint density at radius 3 is 1.50 bits per heavy atom. The molecule has 8 heteroatoms. The number of hydrogen-bond acceptors (Lipinski definition) is 6. The van der Waals surface area contributed by atoms with Gasteiger partial charge in [0.15, 0.2) is 23.0 Å². The molecule has 2 heterocycles. The van der Waals surface area contributed by atoms with Crippen LogP contribution in [0.1, 0.15) is 11.1 Å². The molecule has 0 fully saturated rings. The summed E-state index contributed by atoms with van der Waals surface area (Å²) in [6.45, 7) is 0.218. The lowest BCUT2D eigenvalue weighted by Crippen LogP contribution is -2.15. The van der Waals surface area contributed by atoms with Crippen LogP contribution >= 0.6 is 24.4 Å². The number of benzene rings is 2. The van der Waals surface area contributed by atoms with E-state index in [1.807, 2.05) is 0 Å². The smallest absolute Gasteiger partial charge is 0.231 e. The van der Waals surface area contributed by atoms with Gasteiger partial charge in [-0.3, -0.25) is 0 Å². The molecule has 2 aliphatic rings. The van der Waals surface area contributed by atoms with Crippen LogP contribution in [0.3, 0.4) is 0 Å². The van der Waals surface area contributed by atoms with Gasteiger partial charge >= 0.3 is 0 Å². The van der Waals surface area contributed by atoms with Crippen LogP contribution in [-0.2, 0) is 0 Å². The number of ether oxygens (including phenoxy) is 4. The predicted molar refractivity (Wildman–Crippen MR) is 95.9 cm³/mol. The van der Waals surface area contributed by atoms with Gasteiger partial charge in [-0.1, -0.05) is 24.4 Å². The number of rotatable bonds is 3. The molecule has 0 radical (unpaired) electrons. The van der Waals surface area contributed by atoms with Gasteiger partial charge in [-0.15, -0.1) is 0 Å². The molecule has 0 aliphatic carbocycles. The van der Waals surface area contributed by atoms with Gasteiger partial charge < -0.3 is 30.4 Å². The Hall–Kier alpha value is -2.58. The summed E-state index contributed by atoms with van der Waals surface area (Å²) in [7, 11) is 0. The summed E-state index contributed by atoms with van der Waals surface area (Å²) in [5, 5.41) is 0. The van der Waals surface area contributed by atoms with Gasteiger partial charge in [0.2, 0.25) is 13.6 Å². The van der Waals surface area contributed by atoms with Crippen LogP contribution in [0.4, 0.5) is 0 Å². The molecule has 0 unspecified atom stereocenters. The van der Waals surface area contributed by atoms with Crippen LogP contribution in [0.5, 0.6) is 23.0 Å². The summed E-state index contributed by atoms with van der Waals surface area (Å²) >= 11 is 10.4. The Morgan fingerprint density at radius 1 is 0.708 bits per heavy atom. The lowest BCUT2D eigenvalue weighted by molar-refractivity contribution is 0.173. The van der Waals surface area contributed by atoms with Crippen molar-refractivity contribution in [3.8, 4) is 34.1 Å². The first-order chi connectivity index (χ1) is 11.6. The molecular formula is C16H12N2O4S2. The zero-order valence-corrected chi connectivity index (χ0v) is 14.0. The Kier molecular flexibility index (Phi) is 3.43. The van der Waals surface area contributed by atoms with Gasteiger partial charge in [0.25, 0.3) is 0 Å². The molecule has 122 valence electrons. The zero-order valence-electron chi connectivity index (χ0n) is 12.3. The maximum atomic E-state index is 5.92. The normalized spacial score (nSPS) is 13.8. The summed E-state index contributed by atoms with van der Waals surface area (Å²) in [6, 6.07) is 7.09. The van der Waals surface area contributed by atoms with Gasteiger partial charge in [-0.05, 0) is 24.3 Å². The molecule has 0 saturated heterocycles. The Morgan fingerprint density at radius 2 is 1.12 bits per heavy atom. The summed E-state index contributed by atoms with van der Waals surface area (Å²) in [6.07, 6.45) is 0. The van der Waals surface area contributed by atoms with Gasteiger partial charge in [0, 0.05) is 22.3 Å². The average molecular weight is 360 g/mol. The zero-order chi connectivity index (χ0) is 16.8. The van der Waals surface area contributed by atoms with Gasteiger partial charge in [0.1, 0.15) is 9.98 Å². The minimum absolute atomic E-state index is 0.109. The van der Waals surface area contributed by atoms with Crippen molar-refractivity contribution >= 4 is 34.4 Å². The maximum absolute atomic E-state index is 5.92. The summed E-state index contributed by atoms with van der Waals surface area (Å²) in [5.41, 5.74) is 14.4. The minimum Gasteiger partial charge on any atom is -0.454 e. The number of thiocarbonyl (C=S) groups is 2. The molecule has 4 rings (SSSR count). The van der Waals surface area contributed by atoms with Crippen LogP contribution in [-0.4, -0.2) is 23.6 Å². The fraction of sp³-hybridized carbons (Fsp3) is 0.125. The predicted octanol–water partition coefficient (Wildman–Crippen LogP) is 2.08. The highest BCUT2D eigenvalue weighted by Crippen LogP contribution is 2.51. The molecule has 2 aliphatic heterocycles. The van der Waals surface area contributed by atoms with Crippen molar-refractivity contribution in [2.45, 2.75) is 0 Å². The third-order valence-corrected chi connectivity index (χ3v) is 4.30. The van der Waals surface area contributed by atoms with Crippen molar-refractivity contribution < 1.29 is 18.9 Å². The minimum atomic E-state index is 0.109. The van der Waals surface area contributed by atoms with E-state index in [0.29, 0.717) is 45.3 Å². The van der Waals surface area contributed by atoms with Crippen LogP contribution in [0.25, 0.3) is 11.1 Å². The number of nitrogens with two attached hydrogens (primary N) is 2. The molecule has 2 aromatic carbocycles. The van der Waals surface area contributed by atoms with Gasteiger partial charge in [0.05, 0.1) is 0 Å². The van der Waals surface area contributed by atoms with E-state index in [4.69, 9.17) is 54.9 Å². The highest BCUT2D eigenvalue weighted by Gasteiger charge is 2.31. The highest BCUT2D eigenvalue weighted by molar-refractivity contribution is 7.81. The second-order valence-electron chi connectivity index (χ2n) is 5.17. The molecule has 0 aromatic heterocycles. The second-order valence-corrected chi connectivity index (χ2v) is 6.05. The van der Waals surface area contributed by atoms with Crippen molar-refractivity contribution in [1.82, 2.24) is 0 Å². The van der Waals surface area contributed by atoms with Crippen LogP contribution in [0, 0.1) is 0 Å². The lowest BCUT2D eigenvalue weighted by Gasteiger charge is -2.17. The summed E-state index contributed by atoms with van der Waals surface area (Å²) in [4.78, 5) is 0.433. The van der Waals surface area contributed by atoms with E-state index >= 15 is 0 Å². The molecular weight excluding hydrogens is 348 g/mol. The Balaban J connectivity index is 2.11. The SMILES string of the molecule is NC(=S)c1ccc2c(c1-c1c(C(N)=S)ccc3c1OCO3)OCO2. The van der Waals surface area contributed by atoms with E-state index in [2.05, 4.69) is 0 Å². The van der Waals surface area contributed by atoms with Crippen molar-refractivity contribution in [3.63, 3.8) is 0 Å². The van der Waals surface area contributed by atoms with Crippen molar-refractivity contribution in [2.24, 2.45) is 11.5 Å². The fourth-order valence-corrected chi connectivity index (χ4v) is 3.19. The molecule has 4 N–H and O–H groups in total. The van der Waals surface area contributed by atoms with E-state index in [-0.39, 0.29) is 23.6 Å². The summed E-state index contributed by atoms with van der Waals surface area (Å²) < 4.78 is 22.2. The summed E-state index contributed by atoms with van der Waals surface area (Å²) in [5.74, 6) is 2.24. The van der Waals surface area contributed by atoms with E-state index in [9.17, 15) is 0 Å². The molecule has 0 bridgehead atoms. The fourth-order valence-electron chi connectivity index (χ4n) is 2.85. The van der Waals surface area contributed by atoms with Crippen molar-refractivity contribution in [2.75, 3.05) is 13.6 Å². The third-order valence-electron chi connectivity index (χ3n) is 3.86. The van der Waals surface area contributed by atoms with Crippen LogP contribution in [0.2, 0.25) is 0 Å². The Bertz CT molecular complexity index is 825. The monoisotopic (exact) mass is 360 g/mol. The largest absolute Gasteiger partial charge is 0.454 e. The van der Waals surface area contributed by atoms with E-state index in [1.165, 1.54) is 0 Å². The topological polar surface area (TPSA) is 89.0 Å². The van der Waals surface area contributed by atoms with Crippen molar-refractivity contribution in [3.05, 3.63) is 35.4 Å². The van der Waals surface area contributed by atoms with Gasteiger partial charge in [-0.2, -0.15) is 0 Å². The van der Waals surface area contributed by atoms with E-state index < -0.39 is 0 Å². The average Bonchev–Trinajstić information content (AvgIpc) is 3.21. The lowest BCUT2D eigenvalue weighted by atomic mass is 9.92. The maximum Gasteiger partial charge on any atom is 0.231 e. The molecule has 0 atom stereocenters. The van der Waals surface area contributed by atoms with E-state index in [1.54, 1.807) is 24.3 Å². The molecule has 24 heavy (non-hydrogen) atoms. The van der Waals surface area contributed by atoms with Crippen LogP contribution in [0.15, 0.2) is 24.3 Å². The number of hydrogen-bond donors (Lipinski definition) is 2. The third kappa shape index (κ3) is 2.15. The molecule has 6 nitrogen and oxygen atoms in total. The number of fused-ring (bicyclic) bond motifs is 2. The highest BCUT2D eigenvalue weighted by atomic mass is 32.1. The first kappa shape index (κ1) is 15.0. The quantitative estimate of drug-likeness (QED) is 0.805. The molecule has 2 aromatic rings. The standard InChI is InChI=1S/C16H12N2O4S2/c17-15(23)7-1-3-9-13(21-5-19-9)11(7)12-8(16(18)24)2-4-10-14(12)22-6-20-10/h1-4H,5-6H2,(H2,17,23)(H2,18,24). The first-order valence-electron chi connectivity index (χ1n) is 7.03. The molecule has 0 amide bonds. The molecule has 0 spiro atoms.